The monoisotopic (exact) mass is 506 g/mol. The molecule has 10 heteroatoms. The number of nitrogens with one attached hydrogen (secondary N) is 2. The molecule has 0 saturated carbocycles. The van der Waals surface area contributed by atoms with E-state index in [2.05, 4.69) is 10.6 Å². The first-order valence-corrected chi connectivity index (χ1v) is 11.5. The first-order chi connectivity index (χ1) is 17.7. The Morgan fingerprint density at radius 2 is 1.54 bits per heavy atom. The predicted octanol–water partition coefficient (Wildman–Crippen LogP) is 3.92. The normalized spacial score (nSPS) is 11.2. The summed E-state index contributed by atoms with van der Waals surface area (Å²) in [5.74, 6) is -1.41. The van der Waals surface area contributed by atoms with Crippen molar-refractivity contribution in [1.29, 1.82) is 0 Å². The van der Waals surface area contributed by atoms with Crippen LogP contribution in [0.3, 0.4) is 0 Å². The number of rotatable bonds is 10. The van der Waals surface area contributed by atoms with Crippen molar-refractivity contribution in [2.45, 2.75) is 19.3 Å². The Bertz CT molecular complexity index is 1280. The minimum atomic E-state index is -0.857. The number of ether oxygens (including phenoxy) is 3. The van der Waals surface area contributed by atoms with Crippen LogP contribution in [0.4, 0.5) is 21.9 Å². The van der Waals surface area contributed by atoms with E-state index in [-0.39, 0.29) is 18.6 Å². The molecule has 10 nitrogen and oxygen atoms in total. The van der Waals surface area contributed by atoms with Crippen molar-refractivity contribution in [1.82, 2.24) is 0 Å². The van der Waals surface area contributed by atoms with Crippen molar-refractivity contribution in [3.8, 4) is 11.5 Å². The number of benzene rings is 3. The first kappa shape index (κ1) is 26.9. The second kappa shape index (κ2) is 12.3. The van der Waals surface area contributed by atoms with Crippen LogP contribution < -0.4 is 31.6 Å². The van der Waals surface area contributed by atoms with Crippen LogP contribution in [0.2, 0.25) is 0 Å². The molecule has 194 valence electrons. The van der Waals surface area contributed by atoms with E-state index >= 15 is 0 Å². The molecule has 0 spiro atoms. The molecule has 3 aromatic rings. The summed E-state index contributed by atoms with van der Waals surface area (Å²) in [6.07, 6.45) is 0.201. The van der Waals surface area contributed by atoms with Gasteiger partial charge in [0.2, 0.25) is 5.91 Å². The van der Waals surface area contributed by atoms with Crippen LogP contribution in [0.1, 0.15) is 34.3 Å². The van der Waals surface area contributed by atoms with Gasteiger partial charge in [-0.1, -0.05) is 18.2 Å². The summed E-state index contributed by atoms with van der Waals surface area (Å²) < 4.78 is 15.9. The molecule has 0 aliphatic rings. The molecule has 0 aliphatic heterocycles. The number of carbonyl (C=O) groups is 3. The summed E-state index contributed by atoms with van der Waals surface area (Å²) in [6.45, 7) is 1.85. The van der Waals surface area contributed by atoms with Gasteiger partial charge in [0.25, 0.3) is 0 Å². The standard InChI is InChI=1S/C27H30N4O6/c1-4-37-26(33)22-15-24(36-3)23(35-2)14-20(22)21(25(29)32)12-16-8-10-18(11-9-16)30-27(34)31-19-7-5-6-17(28)13-19/h5-11,13-15,21H,4,12,28H2,1-3H3,(H2,29,32)(H2,30,31,34). The summed E-state index contributed by atoms with van der Waals surface area (Å²) in [5.41, 5.74) is 14.4. The molecule has 0 fully saturated rings. The van der Waals surface area contributed by atoms with E-state index in [1.807, 2.05) is 0 Å². The molecule has 0 aromatic heterocycles. The Morgan fingerprint density at radius 3 is 2.14 bits per heavy atom. The number of anilines is 3. The van der Waals surface area contributed by atoms with Crippen molar-refractivity contribution in [2.75, 3.05) is 37.2 Å². The van der Waals surface area contributed by atoms with Crippen molar-refractivity contribution in [3.63, 3.8) is 0 Å². The fraction of sp³-hybridized carbons (Fsp3) is 0.222. The highest BCUT2D eigenvalue weighted by molar-refractivity contribution is 6.00. The molecule has 0 aliphatic carbocycles. The number of hydrogen-bond donors (Lipinski definition) is 4. The minimum absolute atomic E-state index is 0.160. The zero-order valence-electron chi connectivity index (χ0n) is 20.9. The number of nitrogens with two attached hydrogens (primary N) is 2. The average molecular weight is 507 g/mol. The Balaban J connectivity index is 1.82. The van der Waals surface area contributed by atoms with E-state index < -0.39 is 23.8 Å². The van der Waals surface area contributed by atoms with E-state index in [4.69, 9.17) is 25.7 Å². The highest BCUT2D eigenvalue weighted by atomic mass is 16.5. The molecule has 1 atom stereocenters. The van der Waals surface area contributed by atoms with E-state index in [1.165, 1.54) is 20.3 Å². The molecule has 0 heterocycles. The molecule has 3 amide bonds. The molecule has 0 bridgehead atoms. The molecular weight excluding hydrogens is 476 g/mol. The van der Waals surface area contributed by atoms with Crippen LogP contribution in [-0.4, -0.2) is 38.7 Å². The van der Waals surface area contributed by atoms with Gasteiger partial charge in [-0.25, -0.2) is 9.59 Å². The van der Waals surface area contributed by atoms with Gasteiger partial charge in [0.15, 0.2) is 11.5 Å². The van der Waals surface area contributed by atoms with Gasteiger partial charge in [0, 0.05) is 17.1 Å². The second-order valence-corrected chi connectivity index (χ2v) is 8.08. The molecule has 37 heavy (non-hydrogen) atoms. The van der Waals surface area contributed by atoms with Crippen molar-refractivity contribution in [3.05, 3.63) is 77.4 Å². The number of primary amides is 1. The number of urea groups is 1. The Hall–Kier alpha value is -4.73. The maximum Gasteiger partial charge on any atom is 0.338 e. The van der Waals surface area contributed by atoms with E-state index in [0.29, 0.717) is 34.1 Å². The molecular formula is C27H30N4O6. The lowest BCUT2D eigenvalue weighted by atomic mass is 9.87. The highest BCUT2D eigenvalue weighted by Gasteiger charge is 2.27. The Kier molecular flexibility index (Phi) is 8.93. The van der Waals surface area contributed by atoms with Crippen LogP contribution in [0, 0.1) is 0 Å². The molecule has 3 aromatic carbocycles. The third kappa shape index (κ3) is 6.91. The summed E-state index contributed by atoms with van der Waals surface area (Å²) in [6, 6.07) is 16.4. The molecule has 3 rings (SSSR count). The van der Waals surface area contributed by atoms with E-state index in [9.17, 15) is 14.4 Å². The molecule has 1 unspecified atom stereocenters. The summed E-state index contributed by atoms with van der Waals surface area (Å²) >= 11 is 0. The summed E-state index contributed by atoms with van der Waals surface area (Å²) in [5, 5.41) is 5.44. The van der Waals surface area contributed by atoms with Crippen molar-refractivity contribution in [2.24, 2.45) is 5.73 Å². The number of hydrogen-bond acceptors (Lipinski definition) is 7. The van der Waals surface area contributed by atoms with Gasteiger partial charge in [-0.2, -0.15) is 0 Å². The van der Waals surface area contributed by atoms with Gasteiger partial charge < -0.3 is 36.3 Å². The van der Waals surface area contributed by atoms with Gasteiger partial charge in [-0.05, 0) is 66.9 Å². The molecule has 0 radical (unpaired) electrons. The second-order valence-electron chi connectivity index (χ2n) is 8.08. The predicted molar refractivity (Wildman–Crippen MR) is 141 cm³/mol. The average Bonchev–Trinajstić information content (AvgIpc) is 2.87. The van der Waals surface area contributed by atoms with E-state index in [0.717, 1.165) is 5.56 Å². The van der Waals surface area contributed by atoms with Gasteiger partial charge in [-0.15, -0.1) is 0 Å². The number of esters is 1. The van der Waals surface area contributed by atoms with Crippen LogP contribution >= 0.6 is 0 Å². The van der Waals surface area contributed by atoms with Crippen molar-refractivity contribution < 1.29 is 28.6 Å². The summed E-state index contributed by atoms with van der Waals surface area (Å²) in [7, 11) is 2.91. The third-order valence-electron chi connectivity index (χ3n) is 5.57. The summed E-state index contributed by atoms with van der Waals surface area (Å²) in [4.78, 5) is 37.5. The van der Waals surface area contributed by atoms with Gasteiger partial charge >= 0.3 is 12.0 Å². The lowest BCUT2D eigenvalue weighted by Gasteiger charge is -2.20. The minimum Gasteiger partial charge on any atom is -0.493 e. The number of carbonyl (C=O) groups excluding carboxylic acids is 3. The fourth-order valence-corrected chi connectivity index (χ4v) is 3.80. The SMILES string of the molecule is CCOC(=O)c1cc(OC)c(OC)cc1C(Cc1ccc(NC(=O)Nc2cccc(N)c2)cc1)C(N)=O. The largest absolute Gasteiger partial charge is 0.493 e. The Labute approximate surface area is 214 Å². The number of amides is 3. The number of methoxy groups -OCH3 is 2. The molecule has 6 N–H and O–H groups in total. The van der Waals surface area contributed by atoms with Gasteiger partial charge in [-0.3, -0.25) is 4.79 Å². The van der Waals surface area contributed by atoms with Crippen LogP contribution in [-0.2, 0) is 16.0 Å². The first-order valence-electron chi connectivity index (χ1n) is 11.5. The van der Waals surface area contributed by atoms with Crippen LogP contribution in [0.15, 0.2) is 60.7 Å². The van der Waals surface area contributed by atoms with Crippen LogP contribution in [0.25, 0.3) is 0 Å². The third-order valence-corrected chi connectivity index (χ3v) is 5.57. The zero-order chi connectivity index (χ0) is 26.9. The van der Waals surface area contributed by atoms with E-state index in [1.54, 1.807) is 61.5 Å². The quantitative estimate of drug-likeness (QED) is 0.240. The maximum atomic E-state index is 12.7. The maximum absolute atomic E-state index is 12.7. The Morgan fingerprint density at radius 1 is 0.892 bits per heavy atom. The van der Waals surface area contributed by atoms with Gasteiger partial charge in [0.1, 0.15) is 0 Å². The van der Waals surface area contributed by atoms with Crippen molar-refractivity contribution >= 4 is 35.0 Å². The topological polar surface area (TPSA) is 155 Å². The van der Waals surface area contributed by atoms with Crippen LogP contribution in [0.5, 0.6) is 11.5 Å². The number of nitrogen functional groups attached to an aromatic ring is 1. The fourth-order valence-electron chi connectivity index (χ4n) is 3.80. The highest BCUT2D eigenvalue weighted by Crippen LogP contribution is 2.35. The lowest BCUT2D eigenvalue weighted by Crippen LogP contribution is -2.25. The lowest BCUT2D eigenvalue weighted by molar-refractivity contribution is -0.119. The van der Waals surface area contributed by atoms with Gasteiger partial charge in [0.05, 0.1) is 32.3 Å². The smallest absolute Gasteiger partial charge is 0.338 e. The molecule has 0 saturated heterocycles. The zero-order valence-corrected chi connectivity index (χ0v) is 20.9.